The monoisotopic (exact) mass is 413 g/mol. The summed E-state index contributed by atoms with van der Waals surface area (Å²) >= 11 is 3.12. The minimum atomic E-state index is -1.08. The zero-order valence-electron chi connectivity index (χ0n) is 13.2. The number of ether oxygens (including phenoxy) is 3. The van der Waals surface area contributed by atoms with E-state index in [1.165, 1.54) is 44.4 Å². The molecule has 0 radical (unpaired) electrons. The van der Waals surface area contributed by atoms with Crippen molar-refractivity contribution in [3.05, 3.63) is 56.8 Å². The summed E-state index contributed by atoms with van der Waals surface area (Å²) in [7, 11) is 1.36. The number of halogens is 2. The third-order valence-corrected chi connectivity index (χ3v) is 3.72. The Morgan fingerprint density at radius 2 is 1.92 bits per heavy atom. The Hall–Kier alpha value is -2.68. The summed E-state index contributed by atoms with van der Waals surface area (Å²) in [6, 6.07) is 7.53. The molecule has 0 aliphatic heterocycles. The number of hydrogen-bond acceptors (Lipinski definition) is 6. The number of methoxy groups -OCH3 is 1. The Bertz CT molecular complexity index is 813. The van der Waals surface area contributed by atoms with Crippen LogP contribution in [-0.2, 0) is 4.79 Å². The highest BCUT2D eigenvalue weighted by Crippen LogP contribution is 2.32. The van der Waals surface area contributed by atoms with Gasteiger partial charge in [0.05, 0.1) is 22.6 Å². The number of rotatable bonds is 6. The van der Waals surface area contributed by atoms with Crippen LogP contribution in [-0.4, -0.2) is 24.1 Å². The van der Waals surface area contributed by atoms with Crippen LogP contribution >= 0.6 is 15.9 Å². The van der Waals surface area contributed by atoms with Gasteiger partial charge in [-0.25, -0.2) is 9.18 Å². The van der Waals surface area contributed by atoms with E-state index in [1.807, 2.05) is 0 Å². The minimum absolute atomic E-state index is 0.232. The van der Waals surface area contributed by atoms with Crippen molar-refractivity contribution < 1.29 is 28.3 Å². The number of nitro benzene ring substituents is 1. The van der Waals surface area contributed by atoms with E-state index < -0.39 is 28.5 Å². The molecule has 0 aliphatic rings. The molecule has 0 aliphatic carbocycles. The molecule has 2 rings (SSSR count). The van der Waals surface area contributed by atoms with Crippen molar-refractivity contribution in [1.82, 2.24) is 0 Å². The van der Waals surface area contributed by atoms with Gasteiger partial charge in [-0.1, -0.05) is 0 Å². The first kappa shape index (κ1) is 18.7. The first-order valence-electron chi connectivity index (χ1n) is 6.97. The molecule has 0 bridgehead atoms. The zero-order valence-corrected chi connectivity index (χ0v) is 14.8. The maximum atomic E-state index is 13.1. The second kappa shape index (κ2) is 7.93. The van der Waals surface area contributed by atoms with E-state index in [4.69, 9.17) is 14.2 Å². The highest BCUT2D eigenvalue weighted by Gasteiger charge is 2.24. The molecule has 9 heteroatoms. The predicted molar refractivity (Wildman–Crippen MR) is 89.5 cm³/mol. The zero-order chi connectivity index (χ0) is 18.6. The van der Waals surface area contributed by atoms with Crippen molar-refractivity contribution >= 4 is 27.6 Å². The SMILES string of the molecule is COc1ccc(OC(=O)C(C)Oc2ccc(F)cc2Br)c([N+](=O)[O-])c1. The van der Waals surface area contributed by atoms with Gasteiger partial charge in [-0.3, -0.25) is 10.1 Å². The molecule has 0 amide bonds. The summed E-state index contributed by atoms with van der Waals surface area (Å²) in [6.45, 7) is 1.41. The highest BCUT2D eigenvalue weighted by molar-refractivity contribution is 9.10. The molecule has 0 saturated carbocycles. The van der Waals surface area contributed by atoms with Gasteiger partial charge in [-0.2, -0.15) is 0 Å². The van der Waals surface area contributed by atoms with Gasteiger partial charge in [0.25, 0.3) is 0 Å². The van der Waals surface area contributed by atoms with Crippen molar-refractivity contribution in [2.45, 2.75) is 13.0 Å². The van der Waals surface area contributed by atoms with E-state index in [9.17, 15) is 19.3 Å². The first-order chi connectivity index (χ1) is 11.8. The fraction of sp³-hybridized carbons (Fsp3) is 0.188. The summed E-state index contributed by atoms with van der Waals surface area (Å²) in [5, 5.41) is 11.1. The Morgan fingerprint density at radius 3 is 2.52 bits per heavy atom. The maximum Gasteiger partial charge on any atom is 0.352 e. The second-order valence-electron chi connectivity index (χ2n) is 4.85. The van der Waals surface area contributed by atoms with Crippen LogP contribution in [0.3, 0.4) is 0 Å². The number of carbonyl (C=O) groups excluding carboxylic acids is 1. The van der Waals surface area contributed by atoms with E-state index >= 15 is 0 Å². The van der Waals surface area contributed by atoms with Gasteiger partial charge in [0.2, 0.25) is 5.75 Å². The lowest BCUT2D eigenvalue weighted by Crippen LogP contribution is -2.28. The van der Waals surface area contributed by atoms with Crippen LogP contribution in [0.5, 0.6) is 17.2 Å². The van der Waals surface area contributed by atoms with Crippen molar-refractivity contribution in [3.8, 4) is 17.2 Å². The molecule has 2 aromatic rings. The van der Waals surface area contributed by atoms with Crippen molar-refractivity contribution in [1.29, 1.82) is 0 Å². The van der Waals surface area contributed by atoms with Crippen molar-refractivity contribution in [2.24, 2.45) is 0 Å². The Labute approximate surface area is 150 Å². The van der Waals surface area contributed by atoms with E-state index in [0.717, 1.165) is 6.07 Å². The smallest absolute Gasteiger partial charge is 0.352 e. The lowest BCUT2D eigenvalue weighted by molar-refractivity contribution is -0.385. The Morgan fingerprint density at radius 1 is 1.24 bits per heavy atom. The molecule has 0 heterocycles. The number of carbonyl (C=O) groups is 1. The van der Waals surface area contributed by atoms with Crippen molar-refractivity contribution in [2.75, 3.05) is 7.11 Å². The van der Waals surface area contributed by atoms with Gasteiger partial charge in [0.1, 0.15) is 17.3 Å². The van der Waals surface area contributed by atoms with Crippen LogP contribution in [0.2, 0.25) is 0 Å². The number of nitro groups is 1. The van der Waals surface area contributed by atoms with E-state index in [2.05, 4.69) is 15.9 Å². The van der Waals surface area contributed by atoms with Gasteiger partial charge in [-0.15, -0.1) is 0 Å². The normalized spacial score (nSPS) is 11.5. The summed E-state index contributed by atoms with van der Waals surface area (Å²) in [5.74, 6) is -1.06. The number of hydrogen-bond donors (Lipinski definition) is 0. The lowest BCUT2D eigenvalue weighted by atomic mass is 10.2. The molecule has 25 heavy (non-hydrogen) atoms. The van der Waals surface area contributed by atoms with Crippen LogP contribution in [0.15, 0.2) is 40.9 Å². The Kier molecular flexibility index (Phi) is 5.92. The van der Waals surface area contributed by atoms with E-state index in [0.29, 0.717) is 4.47 Å². The number of benzene rings is 2. The summed E-state index contributed by atoms with van der Waals surface area (Å²) < 4.78 is 28.7. The molecule has 0 fully saturated rings. The van der Waals surface area contributed by atoms with Gasteiger partial charge in [0, 0.05) is 0 Å². The number of esters is 1. The highest BCUT2D eigenvalue weighted by atomic mass is 79.9. The number of nitrogens with zero attached hydrogens (tertiary/aromatic N) is 1. The van der Waals surface area contributed by atoms with Crippen LogP contribution in [0, 0.1) is 15.9 Å². The van der Waals surface area contributed by atoms with E-state index in [1.54, 1.807) is 0 Å². The van der Waals surface area contributed by atoms with E-state index in [-0.39, 0.29) is 17.2 Å². The molecule has 0 saturated heterocycles. The molecule has 132 valence electrons. The second-order valence-corrected chi connectivity index (χ2v) is 5.70. The molecule has 0 N–H and O–H groups in total. The molecule has 0 aromatic heterocycles. The van der Waals surface area contributed by atoms with Crippen LogP contribution < -0.4 is 14.2 Å². The van der Waals surface area contributed by atoms with Crippen molar-refractivity contribution in [3.63, 3.8) is 0 Å². The molecule has 7 nitrogen and oxygen atoms in total. The summed E-state index contributed by atoms with van der Waals surface area (Å²) in [5.41, 5.74) is -0.414. The molecule has 1 unspecified atom stereocenters. The molecular formula is C16H13BrFNO6. The van der Waals surface area contributed by atoms with Crippen LogP contribution in [0.1, 0.15) is 6.92 Å². The fourth-order valence-electron chi connectivity index (χ4n) is 1.85. The quantitative estimate of drug-likeness (QED) is 0.309. The van der Waals surface area contributed by atoms with Crippen LogP contribution in [0.25, 0.3) is 0 Å². The first-order valence-corrected chi connectivity index (χ1v) is 7.77. The predicted octanol–water partition coefficient (Wildman–Crippen LogP) is 3.88. The molecular weight excluding hydrogens is 401 g/mol. The molecule has 1 atom stereocenters. The van der Waals surface area contributed by atoms with Gasteiger partial charge >= 0.3 is 11.7 Å². The largest absolute Gasteiger partial charge is 0.496 e. The summed E-state index contributed by atoms with van der Waals surface area (Å²) in [4.78, 5) is 22.5. The van der Waals surface area contributed by atoms with Gasteiger partial charge in [-0.05, 0) is 53.2 Å². The van der Waals surface area contributed by atoms with Crippen LogP contribution in [0.4, 0.5) is 10.1 Å². The third kappa shape index (κ3) is 4.66. The third-order valence-electron chi connectivity index (χ3n) is 3.10. The minimum Gasteiger partial charge on any atom is -0.496 e. The van der Waals surface area contributed by atoms with Gasteiger partial charge in [0.15, 0.2) is 6.10 Å². The Balaban J connectivity index is 2.14. The summed E-state index contributed by atoms with van der Waals surface area (Å²) in [6.07, 6.45) is -1.08. The average molecular weight is 414 g/mol. The molecule has 2 aromatic carbocycles. The fourth-order valence-corrected chi connectivity index (χ4v) is 2.30. The molecule has 0 spiro atoms. The maximum absolute atomic E-state index is 13.1. The topological polar surface area (TPSA) is 87.9 Å². The van der Waals surface area contributed by atoms with Gasteiger partial charge < -0.3 is 14.2 Å². The standard InChI is InChI=1S/C16H13BrFNO6/c1-9(24-14-5-3-10(18)7-12(14)17)16(20)25-15-6-4-11(23-2)8-13(15)19(21)22/h3-9H,1-2H3. The lowest BCUT2D eigenvalue weighted by Gasteiger charge is -2.15. The average Bonchev–Trinajstić information content (AvgIpc) is 2.57.